The third-order valence-corrected chi connectivity index (χ3v) is 3.50. The van der Waals surface area contributed by atoms with Gasteiger partial charge in [0, 0.05) is 24.1 Å². The lowest BCUT2D eigenvalue weighted by atomic mass is 10.2. The van der Waals surface area contributed by atoms with E-state index in [4.69, 9.17) is 0 Å². The predicted octanol–water partition coefficient (Wildman–Crippen LogP) is 3.28. The highest BCUT2D eigenvalue weighted by Gasteiger charge is 2.03. The Bertz CT molecular complexity index is 654. The second-order valence-corrected chi connectivity index (χ2v) is 5.52. The smallest absolute Gasteiger partial charge is 0.271 e. The van der Waals surface area contributed by atoms with Crippen LogP contribution in [0.25, 0.3) is 0 Å². The number of hydrazone groups is 1. The van der Waals surface area contributed by atoms with Crippen LogP contribution in [0.1, 0.15) is 15.9 Å². The fraction of sp³-hybridized carbons (Fsp3) is 0.125. The Morgan fingerprint density at radius 2 is 1.90 bits per heavy atom. The summed E-state index contributed by atoms with van der Waals surface area (Å²) in [6.45, 7) is 0. The van der Waals surface area contributed by atoms with Crippen molar-refractivity contribution < 1.29 is 4.79 Å². The molecule has 0 saturated heterocycles. The highest BCUT2D eigenvalue weighted by Crippen LogP contribution is 2.25. The van der Waals surface area contributed by atoms with Crippen molar-refractivity contribution in [3.8, 4) is 0 Å². The molecule has 0 spiro atoms. The quantitative estimate of drug-likeness (QED) is 0.682. The number of amides is 1. The molecule has 0 radical (unpaired) electrons. The standard InChI is InChI=1S/C16H16BrN3O/c1-20(2)15-9-8-12(10-14(15)17)11-18-19-16(21)13-6-4-3-5-7-13/h3-11H,1-2H3,(H,19,21)/b18-11-. The van der Waals surface area contributed by atoms with Crippen molar-refractivity contribution in [3.05, 3.63) is 64.1 Å². The van der Waals surface area contributed by atoms with Gasteiger partial charge in [-0.1, -0.05) is 24.3 Å². The normalized spacial score (nSPS) is 10.6. The van der Waals surface area contributed by atoms with Crippen LogP contribution < -0.4 is 10.3 Å². The van der Waals surface area contributed by atoms with Gasteiger partial charge in [-0.25, -0.2) is 5.43 Å². The van der Waals surface area contributed by atoms with Gasteiger partial charge >= 0.3 is 0 Å². The summed E-state index contributed by atoms with van der Waals surface area (Å²) in [5, 5.41) is 3.97. The molecule has 0 aliphatic heterocycles. The van der Waals surface area contributed by atoms with Gasteiger partial charge in [0.15, 0.2) is 0 Å². The average Bonchev–Trinajstić information content (AvgIpc) is 2.47. The number of rotatable bonds is 4. The molecule has 0 fully saturated rings. The third kappa shape index (κ3) is 4.16. The lowest BCUT2D eigenvalue weighted by Crippen LogP contribution is -2.17. The summed E-state index contributed by atoms with van der Waals surface area (Å²) in [7, 11) is 3.96. The van der Waals surface area contributed by atoms with Crippen molar-refractivity contribution in [1.29, 1.82) is 0 Å². The van der Waals surface area contributed by atoms with Gasteiger partial charge in [0.1, 0.15) is 0 Å². The molecule has 2 aromatic rings. The van der Waals surface area contributed by atoms with Crippen LogP contribution in [0.4, 0.5) is 5.69 Å². The van der Waals surface area contributed by atoms with Crippen molar-refractivity contribution >= 4 is 33.7 Å². The number of nitrogens with one attached hydrogen (secondary N) is 1. The van der Waals surface area contributed by atoms with Gasteiger partial charge < -0.3 is 4.90 Å². The summed E-state index contributed by atoms with van der Waals surface area (Å²) >= 11 is 3.51. The Morgan fingerprint density at radius 1 is 1.19 bits per heavy atom. The molecule has 0 unspecified atom stereocenters. The number of carbonyl (C=O) groups is 1. The van der Waals surface area contributed by atoms with Crippen molar-refractivity contribution in [2.75, 3.05) is 19.0 Å². The molecule has 0 aliphatic carbocycles. The zero-order valence-corrected chi connectivity index (χ0v) is 13.5. The highest BCUT2D eigenvalue weighted by atomic mass is 79.9. The maximum atomic E-state index is 11.8. The third-order valence-electron chi connectivity index (χ3n) is 2.87. The SMILES string of the molecule is CN(C)c1ccc(/C=N\NC(=O)c2ccccc2)cc1Br. The van der Waals surface area contributed by atoms with Crippen LogP contribution in [0, 0.1) is 0 Å². The molecular weight excluding hydrogens is 330 g/mol. The van der Waals surface area contributed by atoms with Gasteiger partial charge in [-0.3, -0.25) is 4.79 Å². The van der Waals surface area contributed by atoms with Crippen LogP contribution in [-0.2, 0) is 0 Å². The number of halogens is 1. The topological polar surface area (TPSA) is 44.7 Å². The number of hydrogen-bond donors (Lipinski definition) is 1. The van der Waals surface area contributed by atoms with Gasteiger partial charge in [-0.2, -0.15) is 5.10 Å². The highest BCUT2D eigenvalue weighted by molar-refractivity contribution is 9.10. The van der Waals surface area contributed by atoms with E-state index in [-0.39, 0.29) is 5.91 Å². The monoisotopic (exact) mass is 345 g/mol. The number of nitrogens with zero attached hydrogens (tertiary/aromatic N) is 2. The average molecular weight is 346 g/mol. The van der Waals surface area contributed by atoms with Gasteiger partial charge in [0.2, 0.25) is 0 Å². The van der Waals surface area contributed by atoms with E-state index in [1.807, 2.05) is 55.4 Å². The minimum absolute atomic E-state index is 0.226. The summed E-state index contributed by atoms with van der Waals surface area (Å²) < 4.78 is 0.978. The molecule has 0 atom stereocenters. The molecule has 0 aromatic heterocycles. The van der Waals surface area contributed by atoms with Crippen molar-refractivity contribution in [1.82, 2.24) is 5.43 Å². The number of anilines is 1. The van der Waals surface area contributed by atoms with Crippen LogP contribution in [0.3, 0.4) is 0 Å². The molecule has 21 heavy (non-hydrogen) atoms. The van der Waals surface area contributed by atoms with E-state index in [9.17, 15) is 4.79 Å². The van der Waals surface area contributed by atoms with Crippen molar-refractivity contribution in [3.63, 3.8) is 0 Å². The van der Waals surface area contributed by atoms with E-state index in [1.165, 1.54) is 0 Å². The number of hydrogen-bond acceptors (Lipinski definition) is 3. The predicted molar refractivity (Wildman–Crippen MR) is 90.0 cm³/mol. The second-order valence-electron chi connectivity index (χ2n) is 4.67. The molecule has 108 valence electrons. The van der Waals surface area contributed by atoms with E-state index in [0.29, 0.717) is 5.56 Å². The van der Waals surface area contributed by atoms with E-state index in [1.54, 1.807) is 18.3 Å². The summed E-state index contributed by atoms with van der Waals surface area (Å²) in [6, 6.07) is 14.9. The van der Waals surface area contributed by atoms with Crippen LogP contribution in [0.15, 0.2) is 58.1 Å². The fourth-order valence-corrected chi connectivity index (χ4v) is 2.54. The number of carbonyl (C=O) groups excluding carboxylic acids is 1. The fourth-order valence-electron chi connectivity index (χ4n) is 1.79. The molecule has 4 nitrogen and oxygen atoms in total. The van der Waals surface area contributed by atoms with Gasteiger partial charge in [-0.15, -0.1) is 0 Å². The minimum Gasteiger partial charge on any atom is -0.377 e. The van der Waals surface area contributed by atoms with E-state index >= 15 is 0 Å². The van der Waals surface area contributed by atoms with Crippen LogP contribution in [0.5, 0.6) is 0 Å². The van der Waals surface area contributed by atoms with E-state index in [2.05, 4.69) is 26.5 Å². The molecule has 2 aromatic carbocycles. The maximum Gasteiger partial charge on any atom is 0.271 e. The Kier molecular flexibility index (Phi) is 5.11. The molecule has 1 amide bonds. The van der Waals surface area contributed by atoms with Crippen LogP contribution >= 0.6 is 15.9 Å². The minimum atomic E-state index is -0.226. The van der Waals surface area contributed by atoms with Gasteiger partial charge in [-0.05, 0) is 45.8 Å². The first-order valence-corrected chi connectivity index (χ1v) is 7.22. The Morgan fingerprint density at radius 3 is 2.52 bits per heavy atom. The first-order valence-electron chi connectivity index (χ1n) is 6.43. The molecule has 0 bridgehead atoms. The Balaban J connectivity index is 2.02. The second kappa shape index (κ2) is 7.04. The first-order chi connectivity index (χ1) is 10.1. The largest absolute Gasteiger partial charge is 0.377 e. The molecule has 0 heterocycles. The van der Waals surface area contributed by atoms with Crippen molar-refractivity contribution in [2.45, 2.75) is 0 Å². The lowest BCUT2D eigenvalue weighted by Gasteiger charge is -2.14. The summed E-state index contributed by atoms with van der Waals surface area (Å²) in [6.07, 6.45) is 1.62. The molecular formula is C16H16BrN3O. The van der Waals surface area contributed by atoms with Crippen LogP contribution in [-0.4, -0.2) is 26.2 Å². The van der Waals surface area contributed by atoms with E-state index in [0.717, 1.165) is 15.7 Å². The summed E-state index contributed by atoms with van der Waals surface area (Å²) in [5.41, 5.74) is 5.08. The molecule has 1 N–H and O–H groups in total. The Hall–Kier alpha value is -2.14. The zero-order valence-electron chi connectivity index (χ0n) is 11.9. The molecule has 2 rings (SSSR count). The van der Waals surface area contributed by atoms with Crippen LogP contribution in [0.2, 0.25) is 0 Å². The van der Waals surface area contributed by atoms with E-state index < -0.39 is 0 Å². The molecule has 0 saturated carbocycles. The lowest BCUT2D eigenvalue weighted by molar-refractivity contribution is 0.0955. The first kappa shape index (κ1) is 15.3. The summed E-state index contributed by atoms with van der Waals surface area (Å²) in [4.78, 5) is 13.8. The van der Waals surface area contributed by atoms with Crippen molar-refractivity contribution in [2.24, 2.45) is 5.10 Å². The summed E-state index contributed by atoms with van der Waals surface area (Å²) in [5.74, 6) is -0.226. The number of benzene rings is 2. The zero-order chi connectivity index (χ0) is 15.2. The Labute approximate surface area is 132 Å². The molecule has 0 aliphatic rings. The van der Waals surface area contributed by atoms with Gasteiger partial charge in [0.05, 0.1) is 11.9 Å². The maximum absolute atomic E-state index is 11.8. The van der Waals surface area contributed by atoms with Gasteiger partial charge in [0.25, 0.3) is 5.91 Å². The molecule has 5 heteroatoms.